The Bertz CT molecular complexity index is 798. The topological polar surface area (TPSA) is 119 Å². The molecule has 1 fully saturated rings. The summed E-state index contributed by atoms with van der Waals surface area (Å²) in [6.07, 6.45) is 4.62. The molecule has 9 heteroatoms. The predicted octanol–water partition coefficient (Wildman–Crippen LogP) is 1.86. The molecule has 154 valence electrons. The molecule has 28 heavy (non-hydrogen) atoms. The quantitative estimate of drug-likeness (QED) is 0.663. The molecule has 0 bridgehead atoms. The minimum atomic E-state index is -3.61. The van der Waals surface area contributed by atoms with Crippen LogP contribution in [0.3, 0.4) is 0 Å². The second-order valence-electron chi connectivity index (χ2n) is 6.90. The molecule has 2 N–H and O–H groups in total. The summed E-state index contributed by atoms with van der Waals surface area (Å²) >= 11 is 0. The average molecular weight is 410 g/mol. The van der Waals surface area contributed by atoms with E-state index in [2.05, 4.69) is 10.6 Å². The van der Waals surface area contributed by atoms with Gasteiger partial charge >= 0.3 is 12.0 Å². The third-order valence-corrected chi connectivity index (χ3v) is 6.24. The number of aryl methyl sites for hydroxylation is 1. The van der Waals surface area contributed by atoms with Crippen molar-refractivity contribution in [2.24, 2.45) is 0 Å². The Morgan fingerprint density at radius 1 is 1.07 bits per heavy atom. The van der Waals surface area contributed by atoms with Gasteiger partial charge in [-0.1, -0.05) is 37.0 Å². The molecule has 0 unspecified atom stereocenters. The molecule has 3 amide bonds. The van der Waals surface area contributed by atoms with Gasteiger partial charge in [-0.15, -0.1) is 0 Å². The fraction of sp³-hybridized carbons (Fsp3) is 0.526. The van der Waals surface area contributed by atoms with E-state index in [-0.39, 0.29) is 17.4 Å². The summed E-state index contributed by atoms with van der Waals surface area (Å²) in [6, 6.07) is 5.75. The van der Waals surface area contributed by atoms with Crippen LogP contribution >= 0.6 is 0 Å². The highest BCUT2D eigenvalue weighted by Gasteiger charge is 2.19. The van der Waals surface area contributed by atoms with Gasteiger partial charge < -0.3 is 10.1 Å². The van der Waals surface area contributed by atoms with Crippen molar-refractivity contribution >= 4 is 27.7 Å². The molecule has 0 heterocycles. The number of hydrogen-bond donors (Lipinski definition) is 2. The van der Waals surface area contributed by atoms with Crippen molar-refractivity contribution in [3.8, 4) is 0 Å². The van der Waals surface area contributed by atoms with Crippen LogP contribution in [-0.2, 0) is 24.2 Å². The number of ether oxygens (including phenoxy) is 1. The molecule has 1 aromatic carbocycles. The Labute approximate surface area is 164 Å². The molecule has 1 aromatic rings. The van der Waals surface area contributed by atoms with Crippen molar-refractivity contribution in [3.05, 3.63) is 29.8 Å². The van der Waals surface area contributed by atoms with Gasteiger partial charge in [0.1, 0.15) is 0 Å². The van der Waals surface area contributed by atoms with E-state index < -0.39 is 40.1 Å². The lowest BCUT2D eigenvalue weighted by Crippen LogP contribution is -2.46. The van der Waals surface area contributed by atoms with Crippen LogP contribution in [0.2, 0.25) is 0 Å². The Balaban J connectivity index is 1.69. The van der Waals surface area contributed by atoms with E-state index in [1.807, 2.05) is 6.92 Å². The van der Waals surface area contributed by atoms with Gasteiger partial charge in [0.2, 0.25) is 0 Å². The SMILES string of the molecule is Cc1ccc(S(=O)(=O)CCC(=O)OCC(=O)NC(=O)NC2CCCCC2)cc1. The van der Waals surface area contributed by atoms with E-state index >= 15 is 0 Å². The number of carbonyl (C=O) groups is 3. The van der Waals surface area contributed by atoms with E-state index in [4.69, 9.17) is 4.74 Å². The van der Waals surface area contributed by atoms with Crippen LogP contribution in [0.15, 0.2) is 29.2 Å². The first-order chi connectivity index (χ1) is 13.3. The zero-order valence-electron chi connectivity index (χ0n) is 15.9. The van der Waals surface area contributed by atoms with Crippen LogP contribution in [0.25, 0.3) is 0 Å². The molecule has 8 nitrogen and oxygen atoms in total. The lowest BCUT2D eigenvalue weighted by atomic mass is 9.96. The van der Waals surface area contributed by atoms with Crippen LogP contribution < -0.4 is 10.6 Å². The molecule has 1 aliphatic rings. The highest BCUT2D eigenvalue weighted by Crippen LogP contribution is 2.17. The van der Waals surface area contributed by atoms with Crippen LogP contribution in [0.4, 0.5) is 4.79 Å². The Hall–Kier alpha value is -2.42. The fourth-order valence-corrected chi connectivity index (χ4v) is 4.15. The second kappa shape index (κ2) is 10.2. The molecular weight excluding hydrogens is 384 g/mol. The highest BCUT2D eigenvalue weighted by atomic mass is 32.2. The van der Waals surface area contributed by atoms with E-state index in [0.717, 1.165) is 37.7 Å². The molecule has 0 radical (unpaired) electrons. The second-order valence-corrected chi connectivity index (χ2v) is 9.01. The number of nitrogens with one attached hydrogen (secondary N) is 2. The largest absolute Gasteiger partial charge is 0.456 e. The fourth-order valence-electron chi connectivity index (χ4n) is 2.93. The first-order valence-corrected chi connectivity index (χ1v) is 11.0. The number of carbonyl (C=O) groups excluding carboxylic acids is 3. The normalized spacial score (nSPS) is 14.9. The lowest BCUT2D eigenvalue weighted by molar-refractivity contribution is -0.147. The summed E-state index contributed by atoms with van der Waals surface area (Å²) in [5, 5.41) is 4.82. The first kappa shape index (κ1) is 21.9. The van der Waals surface area contributed by atoms with Crippen molar-refractivity contribution in [3.63, 3.8) is 0 Å². The van der Waals surface area contributed by atoms with E-state index in [1.165, 1.54) is 12.1 Å². The number of benzene rings is 1. The van der Waals surface area contributed by atoms with Gasteiger partial charge in [-0.2, -0.15) is 0 Å². The maximum Gasteiger partial charge on any atom is 0.321 e. The first-order valence-electron chi connectivity index (χ1n) is 9.31. The molecule has 0 spiro atoms. The third kappa shape index (κ3) is 7.30. The third-order valence-electron chi connectivity index (χ3n) is 4.51. The molecule has 2 rings (SSSR count). The standard InChI is InChI=1S/C19H26N2O6S/c1-14-7-9-16(10-8-14)28(25,26)12-11-18(23)27-13-17(22)21-19(24)20-15-5-3-2-4-6-15/h7-10,15H,2-6,11-13H2,1H3,(H2,20,21,22,24). The average Bonchev–Trinajstić information content (AvgIpc) is 2.66. The number of hydrogen-bond acceptors (Lipinski definition) is 6. The summed E-state index contributed by atoms with van der Waals surface area (Å²) in [5.41, 5.74) is 0.928. The number of imide groups is 1. The van der Waals surface area contributed by atoms with Crippen molar-refractivity contribution in [1.82, 2.24) is 10.6 Å². The smallest absolute Gasteiger partial charge is 0.321 e. The molecule has 0 saturated heterocycles. The highest BCUT2D eigenvalue weighted by molar-refractivity contribution is 7.91. The number of amides is 3. The van der Waals surface area contributed by atoms with E-state index in [9.17, 15) is 22.8 Å². The number of esters is 1. The Morgan fingerprint density at radius 3 is 2.36 bits per heavy atom. The predicted molar refractivity (Wildman–Crippen MR) is 102 cm³/mol. The van der Waals surface area contributed by atoms with Crippen LogP contribution in [0.1, 0.15) is 44.1 Å². The lowest BCUT2D eigenvalue weighted by Gasteiger charge is -2.22. The summed E-state index contributed by atoms with van der Waals surface area (Å²) in [6.45, 7) is 1.20. The van der Waals surface area contributed by atoms with Gasteiger partial charge in [-0.25, -0.2) is 13.2 Å². The maximum absolute atomic E-state index is 12.2. The van der Waals surface area contributed by atoms with Crippen LogP contribution in [-0.4, -0.2) is 44.7 Å². The molecule has 1 aliphatic carbocycles. The maximum atomic E-state index is 12.2. The molecular formula is C19H26N2O6S. The van der Waals surface area contributed by atoms with Crippen molar-refractivity contribution in [2.75, 3.05) is 12.4 Å². The monoisotopic (exact) mass is 410 g/mol. The molecule has 0 atom stereocenters. The van der Waals surface area contributed by atoms with Crippen molar-refractivity contribution in [2.45, 2.75) is 56.4 Å². The van der Waals surface area contributed by atoms with Gasteiger partial charge in [-0.05, 0) is 31.9 Å². The molecule has 0 aliphatic heterocycles. The summed E-state index contributed by atoms with van der Waals surface area (Å²) in [7, 11) is -3.61. The molecule has 1 saturated carbocycles. The zero-order valence-corrected chi connectivity index (χ0v) is 16.7. The zero-order chi connectivity index (χ0) is 20.6. The Kier molecular flexibility index (Phi) is 7.98. The van der Waals surface area contributed by atoms with Gasteiger partial charge in [-0.3, -0.25) is 14.9 Å². The van der Waals surface area contributed by atoms with Gasteiger partial charge in [0.15, 0.2) is 16.4 Å². The number of rotatable bonds is 7. The van der Waals surface area contributed by atoms with Gasteiger partial charge in [0.05, 0.1) is 17.1 Å². The molecule has 0 aromatic heterocycles. The van der Waals surface area contributed by atoms with Crippen molar-refractivity contribution in [1.29, 1.82) is 0 Å². The minimum absolute atomic E-state index is 0.0519. The summed E-state index contributed by atoms with van der Waals surface area (Å²) in [4.78, 5) is 35.3. The van der Waals surface area contributed by atoms with Gasteiger partial charge in [0, 0.05) is 6.04 Å². The van der Waals surface area contributed by atoms with Gasteiger partial charge in [0.25, 0.3) is 5.91 Å². The van der Waals surface area contributed by atoms with E-state index in [0.29, 0.717) is 0 Å². The number of urea groups is 1. The summed E-state index contributed by atoms with van der Waals surface area (Å²) < 4.78 is 29.1. The minimum Gasteiger partial charge on any atom is -0.456 e. The van der Waals surface area contributed by atoms with Crippen molar-refractivity contribution < 1.29 is 27.5 Å². The Morgan fingerprint density at radius 2 is 1.71 bits per heavy atom. The summed E-state index contributed by atoms with van der Waals surface area (Å²) in [5.74, 6) is -2.00. The van der Waals surface area contributed by atoms with Crippen LogP contribution in [0.5, 0.6) is 0 Å². The van der Waals surface area contributed by atoms with Crippen LogP contribution in [0, 0.1) is 6.92 Å². The number of sulfone groups is 1. The van der Waals surface area contributed by atoms with E-state index in [1.54, 1.807) is 12.1 Å².